The number of hydrogen-bond acceptors (Lipinski definition) is 4. The fourth-order valence-corrected chi connectivity index (χ4v) is 3.16. The van der Waals surface area contributed by atoms with Crippen LogP contribution in [0.25, 0.3) is 0 Å². The molecule has 0 aliphatic carbocycles. The molecule has 4 nitrogen and oxygen atoms in total. The van der Waals surface area contributed by atoms with Crippen LogP contribution >= 0.6 is 0 Å². The van der Waals surface area contributed by atoms with Gasteiger partial charge in [0.15, 0.2) is 17.3 Å². The van der Waals surface area contributed by atoms with Crippen molar-refractivity contribution in [3.05, 3.63) is 23.8 Å². The number of ether oxygens (including phenoxy) is 2. The Kier molecular flexibility index (Phi) is 14.4. The molecule has 0 amide bonds. The molecule has 0 aliphatic rings. The fraction of sp³-hybridized carbons (Fsp3) is 0.708. The van der Waals surface area contributed by atoms with Gasteiger partial charge in [0, 0.05) is 5.56 Å². The van der Waals surface area contributed by atoms with Gasteiger partial charge in [0.25, 0.3) is 0 Å². The summed E-state index contributed by atoms with van der Waals surface area (Å²) in [5, 5.41) is 0. The summed E-state index contributed by atoms with van der Waals surface area (Å²) in [5.41, 5.74) is 6.09. The molecule has 4 heteroatoms. The second-order valence-corrected chi connectivity index (χ2v) is 7.52. The highest BCUT2D eigenvalue weighted by Gasteiger charge is 2.11. The Labute approximate surface area is 172 Å². The van der Waals surface area contributed by atoms with Gasteiger partial charge in [0.2, 0.25) is 0 Å². The zero-order valence-corrected chi connectivity index (χ0v) is 18.1. The zero-order chi connectivity index (χ0) is 20.5. The second kappa shape index (κ2) is 16.4. The number of rotatable bonds is 18. The lowest BCUT2D eigenvalue weighted by atomic mass is 10.1. The average Bonchev–Trinajstić information content (AvgIpc) is 2.72. The number of unbranched alkanes of at least 4 members (excludes halogenated alkanes) is 10. The average molecular weight is 392 g/mol. The van der Waals surface area contributed by atoms with E-state index >= 15 is 0 Å². The van der Waals surface area contributed by atoms with E-state index in [0.717, 1.165) is 18.6 Å². The van der Waals surface area contributed by atoms with Gasteiger partial charge in [-0.25, -0.2) is 0 Å². The van der Waals surface area contributed by atoms with Crippen LogP contribution in [-0.2, 0) is 0 Å². The lowest BCUT2D eigenvalue weighted by molar-refractivity contribution is 0.100. The summed E-state index contributed by atoms with van der Waals surface area (Å²) >= 11 is 0. The summed E-state index contributed by atoms with van der Waals surface area (Å²) in [7, 11) is 0. The van der Waals surface area contributed by atoms with Crippen LogP contribution in [0.15, 0.2) is 18.2 Å². The number of hydrogen-bond donors (Lipinski definition) is 1. The molecular formula is C24H41NO3. The Morgan fingerprint density at radius 3 is 1.79 bits per heavy atom. The van der Waals surface area contributed by atoms with Crippen LogP contribution in [0.3, 0.4) is 0 Å². The van der Waals surface area contributed by atoms with Crippen LogP contribution < -0.4 is 15.2 Å². The van der Waals surface area contributed by atoms with E-state index < -0.39 is 0 Å². The van der Waals surface area contributed by atoms with Gasteiger partial charge in [-0.3, -0.25) is 4.79 Å². The number of carbonyl (C=O) groups excluding carboxylic acids is 1. The molecule has 1 aromatic carbocycles. The van der Waals surface area contributed by atoms with Crippen molar-refractivity contribution in [3.63, 3.8) is 0 Å². The number of ketones is 1. The van der Waals surface area contributed by atoms with Gasteiger partial charge < -0.3 is 15.2 Å². The molecule has 1 aromatic rings. The minimum Gasteiger partial charge on any atom is -0.490 e. The van der Waals surface area contributed by atoms with Crippen molar-refractivity contribution in [2.24, 2.45) is 5.73 Å². The van der Waals surface area contributed by atoms with Gasteiger partial charge in [-0.15, -0.1) is 0 Å². The Hall–Kier alpha value is -1.55. The zero-order valence-electron chi connectivity index (χ0n) is 18.1. The van der Waals surface area contributed by atoms with Crippen molar-refractivity contribution >= 4 is 5.78 Å². The lowest BCUT2D eigenvalue weighted by Gasteiger charge is -2.14. The molecule has 0 spiro atoms. The number of nitrogens with two attached hydrogens (primary N) is 1. The standard InChI is InChI=1S/C24H41NO3/c1-3-5-7-9-11-13-17-27-23-16-15-21(22(26)20-25)19-24(23)28-18-14-12-10-8-6-4-2/h15-16,19H,3-14,17-18,20,25H2,1-2H3. The lowest BCUT2D eigenvalue weighted by Crippen LogP contribution is -2.14. The van der Waals surface area contributed by atoms with Crippen LogP contribution in [0.2, 0.25) is 0 Å². The Morgan fingerprint density at radius 1 is 0.750 bits per heavy atom. The Balaban J connectivity index is 2.48. The SMILES string of the molecule is CCCCCCCCOc1ccc(C(=O)CN)cc1OCCCCCCCC. The molecule has 1 rings (SSSR count). The fourth-order valence-electron chi connectivity index (χ4n) is 3.16. The Morgan fingerprint density at radius 2 is 1.25 bits per heavy atom. The van der Waals surface area contributed by atoms with Gasteiger partial charge >= 0.3 is 0 Å². The summed E-state index contributed by atoms with van der Waals surface area (Å²) in [6, 6.07) is 5.41. The third kappa shape index (κ3) is 10.7. The maximum absolute atomic E-state index is 11.9. The topological polar surface area (TPSA) is 61.5 Å². The van der Waals surface area contributed by atoms with Gasteiger partial charge in [-0.1, -0.05) is 78.1 Å². The molecule has 0 saturated carbocycles. The third-order valence-corrected chi connectivity index (χ3v) is 4.96. The molecule has 0 radical (unpaired) electrons. The minimum absolute atomic E-state index is 0.00876. The van der Waals surface area contributed by atoms with E-state index in [1.165, 1.54) is 64.2 Å². The molecule has 0 aromatic heterocycles. The predicted molar refractivity (Wildman–Crippen MR) is 118 cm³/mol. The smallest absolute Gasteiger partial charge is 0.176 e. The summed E-state index contributed by atoms with van der Waals surface area (Å²) in [6.45, 7) is 5.80. The molecule has 0 aliphatic heterocycles. The van der Waals surface area contributed by atoms with E-state index in [-0.39, 0.29) is 12.3 Å². The predicted octanol–water partition coefficient (Wildman–Crippen LogP) is 6.31. The summed E-state index contributed by atoms with van der Waals surface area (Å²) < 4.78 is 11.9. The highest BCUT2D eigenvalue weighted by atomic mass is 16.5. The molecule has 0 fully saturated rings. The van der Waals surface area contributed by atoms with Crippen molar-refractivity contribution < 1.29 is 14.3 Å². The van der Waals surface area contributed by atoms with Crippen molar-refractivity contribution in [2.45, 2.75) is 90.9 Å². The molecule has 0 saturated heterocycles. The van der Waals surface area contributed by atoms with Crippen LogP contribution in [0, 0.1) is 0 Å². The van der Waals surface area contributed by atoms with E-state index in [9.17, 15) is 4.79 Å². The molecule has 0 unspecified atom stereocenters. The number of Topliss-reactive ketones (excluding diaryl/α,β-unsaturated/α-hetero) is 1. The van der Waals surface area contributed by atoms with Crippen LogP contribution in [0.5, 0.6) is 11.5 Å². The van der Waals surface area contributed by atoms with Crippen molar-refractivity contribution in [1.29, 1.82) is 0 Å². The van der Waals surface area contributed by atoms with Crippen molar-refractivity contribution in [3.8, 4) is 11.5 Å². The van der Waals surface area contributed by atoms with E-state index in [2.05, 4.69) is 13.8 Å². The third-order valence-electron chi connectivity index (χ3n) is 4.96. The molecular weight excluding hydrogens is 350 g/mol. The van der Waals surface area contributed by atoms with Gasteiger partial charge in [0.05, 0.1) is 19.8 Å². The summed E-state index contributed by atoms with van der Waals surface area (Å²) in [5.74, 6) is 1.32. The van der Waals surface area contributed by atoms with Crippen LogP contribution in [-0.4, -0.2) is 25.5 Å². The number of carbonyl (C=O) groups is 1. The molecule has 28 heavy (non-hydrogen) atoms. The van der Waals surface area contributed by atoms with Gasteiger partial charge in [-0.2, -0.15) is 0 Å². The van der Waals surface area contributed by atoms with Crippen LogP contribution in [0.1, 0.15) is 101 Å². The van der Waals surface area contributed by atoms with Gasteiger partial charge in [-0.05, 0) is 31.0 Å². The molecule has 2 N–H and O–H groups in total. The van der Waals surface area contributed by atoms with Crippen LogP contribution in [0.4, 0.5) is 0 Å². The molecule has 0 heterocycles. The largest absolute Gasteiger partial charge is 0.490 e. The van der Waals surface area contributed by atoms with Gasteiger partial charge in [0.1, 0.15) is 0 Å². The van der Waals surface area contributed by atoms with Crippen molar-refractivity contribution in [1.82, 2.24) is 0 Å². The van der Waals surface area contributed by atoms with E-state index in [0.29, 0.717) is 24.5 Å². The van der Waals surface area contributed by atoms with Crippen molar-refractivity contribution in [2.75, 3.05) is 19.8 Å². The first-order chi connectivity index (χ1) is 13.7. The first-order valence-corrected chi connectivity index (χ1v) is 11.4. The van der Waals surface area contributed by atoms with E-state index in [4.69, 9.17) is 15.2 Å². The maximum Gasteiger partial charge on any atom is 0.176 e. The monoisotopic (exact) mass is 391 g/mol. The highest BCUT2D eigenvalue weighted by molar-refractivity contribution is 5.98. The maximum atomic E-state index is 11.9. The quantitative estimate of drug-likeness (QED) is 0.235. The summed E-state index contributed by atoms with van der Waals surface area (Å²) in [6.07, 6.45) is 14.7. The molecule has 0 atom stereocenters. The second-order valence-electron chi connectivity index (χ2n) is 7.52. The molecule has 160 valence electrons. The number of benzene rings is 1. The Bertz CT molecular complexity index is 531. The first kappa shape index (κ1) is 24.5. The minimum atomic E-state index is -0.0770. The highest BCUT2D eigenvalue weighted by Crippen LogP contribution is 2.29. The van der Waals surface area contributed by atoms with E-state index in [1.54, 1.807) is 12.1 Å². The van der Waals surface area contributed by atoms with E-state index in [1.807, 2.05) is 6.07 Å². The normalized spacial score (nSPS) is 10.8. The first-order valence-electron chi connectivity index (χ1n) is 11.4. The molecule has 0 bridgehead atoms. The summed E-state index contributed by atoms with van der Waals surface area (Å²) in [4.78, 5) is 11.9.